The second kappa shape index (κ2) is 8.20. The maximum Gasteiger partial charge on any atom is 0.264 e. The summed E-state index contributed by atoms with van der Waals surface area (Å²) in [7, 11) is -0.911. The molecule has 0 atom stereocenters. The van der Waals surface area contributed by atoms with Gasteiger partial charge < -0.3 is 14.4 Å². The highest BCUT2D eigenvalue weighted by Crippen LogP contribution is 2.31. The number of benzene rings is 2. The van der Waals surface area contributed by atoms with Gasteiger partial charge in [0.05, 0.1) is 30.9 Å². The molecule has 3 rings (SSSR count). The summed E-state index contributed by atoms with van der Waals surface area (Å²) in [4.78, 5) is 14.6. The minimum atomic E-state index is -3.87. The van der Waals surface area contributed by atoms with E-state index >= 15 is 0 Å². The van der Waals surface area contributed by atoms with Crippen molar-refractivity contribution in [2.45, 2.75) is 11.8 Å². The lowest BCUT2D eigenvalue weighted by Gasteiger charge is -2.28. The molecule has 0 radical (unpaired) electrons. The summed E-state index contributed by atoms with van der Waals surface area (Å²) in [6, 6.07) is 11.5. The Morgan fingerprint density at radius 3 is 2.50 bits per heavy atom. The van der Waals surface area contributed by atoms with E-state index in [1.165, 1.54) is 30.6 Å². The fourth-order valence-electron chi connectivity index (χ4n) is 3.11. The average molecular weight is 404 g/mol. The average Bonchev–Trinajstić information content (AvgIpc) is 2.73. The van der Waals surface area contributed by atoms with Crippen LogP contribution in [0.5, 0.6) is 5.75 Å². The third-order valence-corrected chi connectivity index (χ3v) is 6.59. The smallest absolute Gasteiger partial charge is 0.264 e. The zero-order valence-electron chi connectivity index (χ0n) is 16.2. The summed E-state index contributed by atoms with van der Waals surface area (Å²) in [5.41, 5.74) is 1.54. The van der Waals surface area contributed by atoms with Crippen LogP contribution in [0.3, 0.4) is 0 Å². The van der Waals surface area contributed by atoms with Crippen molar-refractivity contribution < 1.29 is 22.7 Å². The molecule has 7 nitrogen and oxygen atoms in total. The largest absolute Gasteiger partial charge is 0.495 e. The topological polar surface area (TPSA) is 76.2 Å². The Kier molecular flexibility index (Phi) is 5.90. The molecule has 2 aromatic rings. The minimum Gasteiger partial charge on any atom is -0.495 e. The highest BCUT2D eigenvalue weighted by atomic mass is 32.2. The first-order valence-corrected chi connectivity index (χ1v) is 10.4. The molecule has 1 aliphatic rings. The molecule has 1 aliphatic heterocycles. The first kappa shape index (κ1) is 20.2. The lowest BCUT2D eigenvalue weighted by atomic mass is 10.1. The Labute approximate surface area is 165 Å². The lowest BCUT2D eigenvalue weighted by Crippen LogP contribution is -2.41. The zero-order valence-corrected chi connectivity index (χ0v) is 17.0. The molecule has 1 fully saturated rings. The van der Waals surface area contributed by atoms with E-state index in [1.807, 2.05) is 0 Å². The van der Waals surface area contributed by atoms with Gasteiger partial charge >= 0.3 is 0 Å². The number of anilines is 1. The number of sulfonamides is 1. The number of hydrogen-bond acceptors (Lipinski definition) is 5. The molecule has 0 aromatic heterocycles. The van der Waals surface area contributed by atoms with Gasteiger partial charge in [-0.05, 0) is 36.8 Å². The first-order chi connectivity index (χ1) is 13.4. The molecule has 1 amide bonds. The van der Waals surface area contributed by atoms with Crippen LogP contribution in [0.15, 0.2) is 47.4 Å². The molecule has 0 aliphatic carbocycles. The van der Waals surface area contributed by atoms with Crippen molar-refractivity contribution in [2.24, 2.45) is 0 Å². The quantitative estimate of drug-likeness (QED) is 0.764. The van der Waals surface area contributed by atoms with Crippen LogP contribution in [-0.4, -0.2) is 59.7 Å². The number of para-hydroxylation sites is 2. The van der Waals surface area contributed by atoms with E-state index in [4.69, 9.17) is 9.47 Å². The Morgan fingerprint density at radius 2 is 1.82 bits per heavy atom. The van der Waals surface area contributed by atoms with Crippen LogP contribution in [0, 0.1) is 6.92 Å². The van der Waals surface area contributed by atoms with E-state index in [2.05, 4.69) is 0 Å². The van der Waals surface area contributed by atoms with Crippen LogP contribution in [0.4, 0.5) is 5.69 Å². The maximum absolute atomic E-state index is 13.2. The standard InChI is InChI=1S/C20H24N2O5S/c1-15-8-9-16(14-17(15)20(23)22-10-12-27-13-11-22)28(24,25)21(2)18-6-4-5-7-19(18)26-3/h4-9,14H,10-13H2,1-3H3. The van der Waals surface area contributed by atoms with E-state index in [0.717, 1.165) is 5.56 Å². The number of hydrogen-bond donors (Lipinski definition) is 0. The number of methoxy groups -OCH3 is 1. The normalized spacial score (nSPS) is 14.6. The van der Waals surface area contributed by atoms with Crippen molar-refractivity contribution >= 4 is 21.6 Å². The highest BCUT2D eigenvalue weighted by Gasteiger charge is 2.27. The third-order valence-electron chi connectivity index (χ3n) is 4.82. The van der Waals surface area contributed by atoms with Gasteiger partial charge in [-0.3, -0.25) is 9.10 Å². The summed E-state index contributed by atoms with van der Waals surface area (Å²) in [6.07, 6.45) is 0. The highest BCUT2D eigenvalue weighted by molar-refractivity contribution is 7.92. The number of amides is 1. The number of aryl methyl sites for hydroxylation is 1. The van der Waals surface area contributed by atoms with Gasteiger partial charge in [-0.2, -0.15) is 0 Å². The molecule has 0 spiro atoms. The van der Waals surface area contributed by atoms with Crippen LogP contribution in [0.2, 0.25) is 0 Å². The van der Waals surface area contributed by atoms with E-state index in [0.29, 0.717) is 43.3 Å². The summed E-state index contributed by atoms with van der Waals surface area (Å²) in [5.74, 6) is 0.267. The molecule has 28 heavy (non-hydrogen) atoms. The van der Waals surface area contributed by atoms with E-state index in [-0.39, 0.29) is 10.8 Å². The number of morpholine rings is 1. The van der Waals surface area contributed by atoms with Gasteiger partial charge in [0.25, 0.3) is 15.9 Å². The first-order valence-electron chi connectivity index (χ1n) is 8.96. The monoisotopic (exact) mass is 404 g/mol. The second-order valence-corrected chi connectivity index (χ2v) is 8.49. The van der Waals surface area contributed by atoms with Crippen LogP contribution >= 0.6 is 0 Å². The van der Waals surface area contributed by atoms with Crippen molar-refractivity contribution in [3.05, 3.63) is 53.6 Å². The minimum absolute atomic E-state index is 0.0584. The van der Waals surface area contributed by atoms with Crippen molar-refractivity contribution in [3.8, 4) is 5.75 Å². The van der Waals surface area contributed by atoms with Crippen LogP contribution in [0.25, 0.3) is 0 Å². The molecular formula is C20H24N2O5S. The van der Waals surface area contributed by atoms with Gasteiger partial charge in [0.15, 0.2) is 0 Å². The SMILES string of the molecule is COc1ccccc1N(C)S(=O)(=O)c1ccc(C)c(C(=O)N2CCOCC2)c1. The molecular weight excluding hydrogens is 380 g/mol. The van der Waals surface area contributed by atoms with Crippen LogP contribution in [-0.2, 0) is 14.8 Å². The van der Waals surface area contributed by atoms with Gasteiger partial charge in [-0.15, -0.1) is 0 Å². The molecule has 1 heterocycles. The summed E-state index contributed by atoms with van der Waals surface area (Å²) in [6.45, 7) is 3.76. The van der Waals surface area contributed by atoms with Crippen molar-refractivity contribution in [1.82, 2.24) is 4.90 Å². The van der Waals surface area contributed by atoms with Gasteiger partial charge in [0.1, 0.15) is 5.75 Å². The number of carbonyl (C=O) groups excluding carboxylic acids is 1. The van der Waals surface area contributed by atoms with Crippen molar-refractivity contribution in [2.75, 3.05) is 44.8 Å². The maximum atomic E-state index is 13.2. The summed E-state index contributed by atoms with van der Waals surface area (Å²) in [5, 5.41) is 0. The van der Waals surface area contributed by atoms with Gasteiger partial charge in [0.2, 0.25) is 0 Å². The molecule has 0 N–H and O–H groups in total. The summed E-state index contributed by atoms with van der Waals surface area (Å²) < 4.78 is 38.1. The molecule has 0 saturated carbocycles. The number of carbonyl (C=O) groups is 1. The molecule has 150 valence electrons. The predicted octanol–water partition coefficient (Wildman–Crippen LogP) is 2.30. The Balaban J connectivity index is 1.97. The van der Waals surface area contributed by atoms with Crippen LogP contribution < -0.4 is 9.04 Å². The molecule has 1 saturated heterocycles. The van der Waals surface area contributed by atoms with Crippen molar-refractivity contribution in [1.29, 1.82) is 0 Å². The number of rotatable bonds is 5. The second-order valence-electron chi connectivity index (χ2n) is 6.53. The third kappa shape index (κ3) is 3.83. The Hall–Kier alpha value is -2.58. The van der Waals surface area contributed by atoms with E-state index in [9.17, 15) is 13.2 Å². The van der Waals surface area contributed by atoms with Crippen molar-refractivity contribution in [3.63, 3.8) is 0 Å². The zero-order chi connectivity index (χ0) is 20.3. The number of nitrogens with zero attached hydrogens (tertiary/aromatic N) is 2. The van der Waals surface area contributed by atoms with Gasteiger partial charge in [-0.1, -0.05) is 18.2 Å². The van der Waals surface area contributed by atoms with Gasteiger partial charge in [-0.25, -0.2) is 8.42 Å². The Bertz CT molecular complexity index is 968. The van der Waals surface area contributed by atoms with Crippen LogP contribution in [0.1, 0.15) is 15.9 Å². The molecule has 8 heteroatoms. The fraction of sp³-hybridized carbons (Fsp3) is 0.350. The number of ether oxygens (including phenoxy) is 2. The Morgan fingerprint density at radius 1 is 1.14 bits per heavy atom. The van der Waals surface area contributed by atoms with Gasteiger partial charge in [0, 0.05) is 25.7 Å². The molecule has 2 aromatic carbocycles. The summed E-state index contributed by atoms with van der Waals surface area (Å²) >= 11 is 0. The lowest BCUT2D eigenvalue weighted by molar-refractivity contribution is 0.0302. The van der Waals surface area contributed by atoms with E-state index in [1.54, 1.807) is 42.2 Å². The fourth-order valence-corrected chi connectivity index (χ4v) is 4.34. The predicted molar refractivity (Wildman–Crippen MR) is 106 cm³/mol. The molecule has 0 bridgehead atoms. The molecule has 0 unspecified atom stereocenters. The van der Waals surface area contributed by atoms with E-state index < -0.39 is 10.0 Å².